The van der Waals surface area contributed by atoms with Crippen LogP contribution in [-0.4, -0.2) is 136 Å². The molecule has 5 N–H and O–H groups in total. The van der Waals surface area contributed by atoms with Crippen LogP contribution in [0.25, 0.3) is 0 Å². The Morgan fingerprint density at radius 3 is 2.02 bits per heavy atom. The van der Waals surface area contributed by atoms with Crippen LogP contribution in [0.1, 0.15) is 107 Å². The van der Waals surface area contributed by atoms with Crippen molar-refractivity contribution in [3.05, 3.63) is 0 Å². The summed E-state index contributed by atoms with van der Waals surface area (Å²) in [7, 11) is 2.74. The number of hydrogen-bond donors (Lipinski definition) is 5. The molecule has 1 aliphatic heterocycles. The summed E-state index contributed by atoms with van der Waals surface area (Å²) in [6, 6.07) is -2.93. The normalized spacial score (nSPS) is 21.4. The van der Waals surface area contributed by atoms with Gasteiger partial charge in [0.2, 0.25) is 27.7 Å². The molecule has 10 atom stereocenters. The van der Waals surface area contributed by atoms with Crippen LogP contribution in [0.5, 0.6) is 0 Å². The van der Waals surface area contributed by atoms with Gasteiger partial charge >= 0.3 is 0 Å². The predicted molar refractivity (Wildman–Crippen MR) is 213 cm³/mol. The SMILES string of the molecule is CC[C@H](C)[C@@H]([C@@H](CC(=O)N1CCC[C@H]1[C@H](OC)[C@@H](C)C(=O)N[C@@H](CC(C)C)C(=O)NS(=O)(=O)C1CC1)OC)N(C)C(=O)[C@@H](NC(O)[C@@H](NC)C(C)C)C(C)C. The first-order valence-corrected chi connectivity index (χ1v) is 21.8. The van der Waals surface area contributed by atoms with Crippen LogP contribution in [0.3, 0.4) is 0 Å². The molecular weight excluding hydrogens is 729 g/mol. The summed E-state index contributed by atoms with van der Waals surface area (Å²) < 4.78 is 39.1. The lowest BCUT2D eigenvalue weighted by Gasteiger charge is -2.41. The molecule has 1 saturated heterocycles. The third-order valence-corrected chi connectivity index (χ3v) is 13.3. The van der Waals surface area contributed by atoms with Crippen molar-refractivity contribution >= 4 is 33.7 Å². The molecule has 1 aliphatic carbocycles. The molecule has 2 rings (SSSR count). The number of ether oxygens (including phenoxy) is 2. The summed E-state index contributed by atoms with van der Waals surface area (Å²) >= 11 is 0. The molecule has 320 valence electrons. The Kier molecular flexibility index (Phi) is 19.5. The molecule has 0 radical (unpaired) electrons. The molecular formula is C39H74N6O9S. The van der Waals surface area contributed by atoms with Gasteiger partial charge < -0.3 is 35.0 Å². The first kappa shape index (κ1) is 48.8. The Bertz CT molecular complexity index is 1360. The van der Waals surface area contributed by atoms with Crippen LogP contribution < -0.4 is 20.7 Å². The Balaban J connectivity index is 2.27. The highest BCUT2D eigenvalue weighted by Gasteiger charge is 2.44. The van der Waals surface area contributed by atoms with Gasteiger partial charge in [-0.05, 0) is 62.8 Å². The van der Waals surface area contributed by atoms with Crippen molar-refractivity contribution < 1.29 is 42.2 Å². The second-order valence-corrected chi connectivity index (χ2v) is 18.8. The quantitative estimate of drug-likeness (QED) is 0.0899. The topological polar surface area (TPSA) is 196 Å². The maximum atomic E-state index is 14.2. The van der Waals surface area contributed by atoms with Crippen molar-refractivity contribution in [3.63, 3.8) is 0 Å². The lowest BCUT2D eigenvalue weighted by molar-refractivity contribution is -0.147. The number of sulfonamides is 1. The van der Waals surface area contributed by atoms with Crippen molar-refractivity contribution in [2.24, 2.45) is 29.6 Å². The molecule has 0 spiro atoms. The molecule has 16 heteroatoms. The molecule has 0 aromatic heterocycles. The van der Waals surface area contributed by atoms with Gasteiger partial charge in [0.05, 0.1) is 47.9 Å². The van der Waals surface area contributed by atoms with E-state index in [1.54, 1.807) is 37.9 Å². The van der Waals surface area contributed by atoms with E-state index in [4.69, 9.17) is 9.47 Å². The maximum Gasteiger partial charge on any atom is 0.256 e. The van der Waals surface area contributed by atoms with Crippen LogP contribution in [-0.2, 0) is 38.7 Å². The smallest absolute Gasteiger partial charge is 0.256 e. The number of methoxy groups -OCH3 is 2. The molecule has 2 aliphatic rings. The summed E-state index contributed by atoms with van der Waals surface area (Å²) in [5.74, 6) is -2.49. The number of likely N-dealkylation sites (tertiary alicyclic amines) is 1. The maximum absolute atomic E-state index is 14.2. The minimum Gasteiger partial charge on any atom is -0.379 e. The van der Waals surface area contributed by atoms with Gasteiger partial charge in [0.15, 0.2) is 0 Å². The zero-order valence-electron chi connectivity index (χ0n) is 35.8. The van der Waals surface area contributed by atoms with Crippen molar-refractivity contribution in [1.29, 1.82) is 0 Å². The fraction of sp³-hybridized carbons (Fsp3) is 0.897. The predicted octanol–water partition coefficient (Wildman–Crippen LogP) is 2.22. The van der Waals surface area contributed by atoms with Crippen LogP contribution in [0.4, 0.5) is 0 Å². The molecule has 2 fully saturated rings. The van der Waals surface area contributed by atoms with E-state index in [2.05, 4.69) is 20.7 Å². The molecule has 0 bridgehead atoms. The lowest BCUT2D eigenvalue weighted by atomic mass is 9.89. The van der Waals surface area contributed by atoms with Gasteiger partial charge in [-0.2, -0.15) is 0 Å². The van der Waals surface area contributed by atoms with Crippen molar-refractivity contribution in [2.45, 2.75) is 161 Å². The van der Waals surface area contributed by atoms with Gasteiger partial charge in [0, 0.05) is 33.9 Å². The third kappa shape index (κ3) is 13.3. The van der Waals surface area contributed by atoms with E-state index in [9.17, 15) is 32.7 Å². The average Bonchev–Trinajstić information content (AvgIpc) is 3.88. The Morgan fingerprint density at radius 2 is 1.55 bits per heavy atom. The number of rotatable bonds is 24. The number of hydrogen-bond acceptors (Lipinski definition) is 11. The molecule has 0 aromatic carbocycles. The summed E-state index contributed by atoms with van der Waals surface area (Å²) in [5.41, 5.74) is 0. The highest BCUT2D eigenvalue weighted by atomic mass is 32.2. The fourth-order valence-electron chi connectivity index (χ4n) is 7.90. The number of nitrogens with zero attached hydrogens (tertiary/aromatic N) is 2. The molecule has 4 amide bonds. The fourth-order valence-corrected chi connectivity index (χ4v) is 9.24. The molecule has 1 unspecified atom stereocenters. The summed E-state index contributed by atoms with van der Waals surface area (Å²) in [5, 5.41) is 19.5. The molecule has 55 heavy (non-hydrogen) atoms. The van der Waals surface area contributed by atoms with Gasteiger partial charge in [-0.1, -0.05) is 68.7 Å². The minimum atomic E-state index is -3.80. The summed E-state index contributed by atoms with van der Waals surface area (Å²) in [6.07, 6.45) is 0.912. The van der Waals surface area contributed by atoms with Gasteiger partial charge in [-0.15, -0.1) is 0 Å². The first-order valence-electron chi connectivity index (χ1n) is 20.3. The lowest BCUT2D eigenvalue weighted by Crippen LogP contribution is -2.61. The average molecular weight is 803 g/mol. The van der Waals surface area contributed by atoms with Crippen LogP contribution >= 0.6 is 0 Å². The minimum absolute atomic E-state index is 0.00631. The number of aliphatic hydroxyl groups is 1. The van der Waals surface area contributed by atoms with E-state index in [0.29, 0.717) is 32.2 Å². The monoisotopic (exact) mass is 803 g/mol. The largest absolute Gasteiger partial charge is 0.379 e. The van der Waals surface area contributed by atoms with Crippen LogP contribution in [0, 0.1) is 29.6 Å². The van der Waals surface area contributed by atoms with Gasteiger partial charge in [-0.3, -0.25) is 29.2 Å². The van der Waals surface area contributed by atoms with Crippen LogP contribution in [0.15, 0.2) is 0 Å². The third-order valence-electron chi connectivity index (χ3n) is 11.5. The number of nitrogens with one attached hydrogen (secondary N) is 4. The number of aliphatic hydroxyl groups excluding tert-OH is 1. The van der Waals surface area contributed by atoms with E-state index in [1.165, 1.54) is 7.11 Å². The van der Waals surface area contributed by atoms with Crippen molar-refractivity contribution in [1.82, 2.24) is 30.5 Å². The van der Waals surface area contributed by atoms with E-state index >= 15 is 0 Å². The Labute approximate surface area is 331 Å². The summed E-state index contributed by atoms with van der Waals surface area (Å²) in [6.45, 7) is 17.8. The van der Waals surface area contributed by atoms with Crippen LogP contribution in [0.2, 0.25) is 0 Å². The van der Waals surface area contributed by atoms with E-state index in [-0.39, 0.29) is 54.4 Å². The number of likely N-dealkylation sites (N-methyl/N-ethyl adjacent to an activating group) is 2. The standard InChI is InChI=1S/C39H74N6O9S/c1-14-25(8)34(44(11)39(50)33(24(6)7)42-38(49)32(40-10)23(4)5)30(53-12)21-31(46)45-19-15-16-29(45)35(54-13)26(9)36(47)41-28(20-22(2)3)37(48)43-55(51,52)27-17-18-27/h22-30,32-35,38,40,42,49H,14-21H2,1-13H3,(H,41,47)(H,43,48)/t25-,26+,28-,29-,30+,32-,33-,34-,35+,38?/m0/s1. The van der Waals surface area contributed by atoms with Crippen molar-refractivity contribution in [3.8, 4) is 0 Å². The first-order chi connectivity index (χ1) is 25.7. The zero-order chi connectivity index (χ0) is 41.9. The van der Waals surface area contributed by atoms with Gasteiger partial charge in [0.25, 0.3) is 5.91 Å². The van der Waals surface area contributed by atoms with Gasteiger partial charge in [0.1, 0.15) is 12.3 Å². The zero-order valence-corrected chi connectivity index (χ0v) is 36.6. The molecule has 15 nitrogen and oxygen atoms in total. The van der Waals surface area contributed by atoms with Crippen molar-refractivity contribution in [2.75, 3.05) is 34.9 Å². The highest BCUT2D eigenvalue weighted by Crippen LogP contribution is 2.30. The Morgan fingerprint density at radius 1 is 0.927 bits per heavy atom. The second-order valence-electron chi connectivity index (χ2n) is 16.9. The second kappa shape index (κ2) is 22.0. The molecule has 1 saturated carbocycles. The number of amides is 4. The number of carbonyl (C=O) groups excluding carboxylic acids is 4. The highest BCUT2D eigenvalue weighted by molar-refractivity contribution is 7.90. The number of carbonyl (C=O) groups is 4. The Hall–Kier alpha value is -2.37. The molecule has 1 heterocycles. The van der Waals surface area contributed by atoms with Gasteiger partial charge in [-0.25, -0.2) is 8.42 Å². The van der Waals surface area contributed by atoms with E-state index in [0.717, 1.165) is 6.42 Å². The summed E-state index contributed by atoms with van der Waals surface area (Å²) in [4.78, 5) is 58.6. The van der Waals surface area contributed by atoms with E-state index < -0.39 is 75.6 Å². The van der Waals surface area contributed by atoms with E-state index in [1.807, 2.05) is 55.4 Å². The molecule has 0 aromatic rings.